The summed E-state index contributed by atoms with van der Waals surface area (Å²) < 4.78 is 0.120. The van der Waals surface area contributed by atoms with Crippen LogP contribution in [-0.2, 0) is 17.8 Å². The molecule has 2 heterocycles. The Morgan fingerprint density at radius 3 is 2.50 bits per heavy atom. The minimum atomic E-state index is -1.48. The first-order chi connectivity index (χ1) is 14.3. The Hall–Kier alpha value is -2.81. The second kappa shape index (κ2) is 9.34. The van der Waals surface area contributed by atoms with Gasteiger partial charge in [-0.25, -0.2) is 9.28 Å². The summed E-state index contributed by atoms with van der Waals surface area (Å²) in [6, 6.07) is 11.2. The molecule has 160 valence electrons. The smallest absolute Gasteiger partial charge is 0.335 e. The summed E-state index contributed by atoms with van der Waals surface area (Å²) in [6.45, 7) is 4.75. The molecule has 8 nitrogen and oxygen atoms in total. The first-order valence-electron chi connectivity index (χ1n) is 10.1. The van der Waals surface area contributed by atoms with Crippen molar-refractivity contribution in [2.24, 2.45) is 0 Å². The number of hydrogen-bond acceptors (Lipinski definition) is 6. The zero-order chi connectivity index (χ0) is 21.7. The number of aromatic nitrogens is 1. The van der Waals surface area contributed by atoms with Gasteiger partial charge in [0.2, 0.25) is 0 Å². The molecule has 0 saturated carbocycles. The van der Waals surface area contributed by atoms with E-state index >= 15 is 0 Å². The van der Waals surface area contributed by atoms with Crippen LogP contribution in [0, 0.1) is 0 Å². The lowest BCUT2D eigenvalue weighted by Gasteiger charge is -2.35. The van der Waals surface area contributed by atoms with Crippen molar-refractivity contribution in [2.45, 2.75) is 51.0 Å². The van der Waals surface area contributed by atoms with Crippen LogP contribution in [0.3, 0.4) is 0 Å². The minimum Gasteiger partial charge on any atom is -0.530 e. The number of carboxylic acid groups (broad SMARTS) is 1. The lowest BCUT2D eigenvalue weighted by atomic mass is 9.95. The van der Waals surface area contributed by atoms with Gasteiger partial charge in [-0.05, 0) is 38.0 Å². The molecule has 8 heteroatoms. The maximum absolute atomic E-state index is 13.5. The van der Waals surface area contributed by atoms with Crippen LogP contribution in [0.2, 0.25) is 0 Å². The van der Waals surface area contributed by atoms with E-state index in [1.807, 2.05) is 56.3 Å². The largest absolute Gasteiger partial charge is 0.530 e. The first-order valence-corrected chi connectivity index (χ1v) is 10.1. The third-order valence-electron chi connectivity index (χ3n) is 5.86. The van der Waals surface area contributed by atoms with E-state index in [2.05, 4.69) is 15.6 Å². The minimum absolute atomic E-state index is 0.0305. The molecular weight excluding hydrogens is 384 g/mol. The number of nitrogens with one attached hydrogen (secondary N) is 2. The van der Waals surface area contributed by atoms with Crippen LogP contribution in [0.4, 0.5) is 4.79 Å². The summed E-state index contributed by atoms with van der Waals surface area (Å²) in [5.74, 6) is -0.160. The quantitative estimate of drug-likeness (QED) is 0.533. The number of amides is 2. The van der Waals surface area contributed by atoms with Crippen LogP contribution in [0.5, 0.6) is 0 Å². The van der Waals surface area contributed by atoms with Gasteiger partial charge in [0.15, 0.2) is 6.04 Å². The van der Waals surface area contributed by atoms with Gasteiger partial charge in [0.05, 0.1) is 12.1 Å². The van der Waals surface area contributed by atoms with Crippen molar-refractivity contribution in [1.29, 1.82) is 0 Å². The molecule has 3 rings (SSSR count). The fourth-order valence-corrected chi connectivity index (χ4v) is 4.05. The molecule has 0 radical (unpaired) electrons. The fraction of sp³-hybridized carbons (Fsp3) is 0.409. The molecule has 0 aliphatic carbocycles. The highest BCUT2D eigenvalue weighted by Crippen LogP contribution is 2.27. The summed E-state index contributed by atoms with van der Waals surface area (Å²) in [5.41, 5.74) is 1.82. The van der Waals surface area contributed by atoms with Crippen molar-refractivity contribution in [2.75, 3.05) is 6.67 Å². The molecular formula is C22H28N4O4. The number of quaternary nitrogens is 1. The molecule has 1 aromatic heterocycles. The summed E-state index contributed by atoms with van der Waals surface area (Å²) in [5, 5.41) is 27.7. The van der Waals surface area contributed by atoms with Gasteiger partial charge in [0, 0.05) is 18.0 Å². The van der Waals surface area contributed by atoms with E-state index in [0.717, 1.165) is 11.1 Å². The maximum Gasteiger partial charge on any atom is 0.335 e. The number of benzene rings is 1. The van der Waals surface area contributed by atoms with Crippen molar-refractivity contribution in [3.8, 4) is 0 Å². The molecule has 0 spiro atoms. The van der Waals surface area contributed by atoms with Crippen LogP contribution < -0.4 is 15.7 Å². The van der Waals surface area contributed by atoms with Crippen LogP contribution >= 0.6 is 0 Å². The highest BCUT2D eigenvalue weighted by molar-refractivity contribution is 5.78. The summed E-state index contributed by atoms with van der Waals surface area (Å²) in [7, 11) is 0. The van der Waals surface area contributed by atoms with Crippen molar-refractivity contribution in [3.05, 3.63) is 66.0 Å². The van der Waals surface area contributed by atoms with Crippen LogP contribution in [0.15, 0.2) is 54.9 Å². The second-order valence-corrected chi connectivity index (χ2v) is 8.04. The normalized spacial score (nSPS) is 23.3. The summed E-state index contributed by atoms with van der Waals surface area (Å²) in [4.78, 5) is 28.8. The Morgan fingerprint density at radius 1 is 1.23 bits per heavy atom. The number of aliphatic hydroxyl groups is 1. The van der Waals surface area contributed by atoms with Gasteiger partial charge < -0.3 is 20.3 Å². The summed E-state index contributed by atoms with van der Waals surface area (Å²) >= 11 is 0. The van der Waals surface area contributed by atoms with Gasteiger partial charge in [0.1, 0.15) is 25.4 Å². The number of aliphatic hydroxyl groups excluding tert-OH is 1. The number of rotatable bonds is 8. The van der Waals surface area contributed by atoms with E-state index in [0.29, 0.717) is 13.2 Å². The lowest BCUT2D eigenvalue weighted by molar-refractivity contribution is -0.882. The monoisotopic (exact) mass is 412 g/mol. The van der Waals surface area contributed by atoms with E-state index in [4.69, 9.17) is 0 Å². The Kier molecular flexibility index (Phi) is 6.81. The average molecular weight is 412 g/mol. The molecule has 2 unspecified atom stereocenters. The Morgan fingerprint density at radius 2 is 1.90 bits per heavy atom. The van der Waals surface area contributed by atoms with E-state index < -0.39 is 24.3 Å². The molecule has 4 atom stereocenters. The van der Waals surface area contributed by atoms with Gasteiger partial charge in [-0.1, -0.05) is 30.3 Å². The molecule has 1 aliphatic rings. The molecule has 1 saturated heterocycles. The Balaban J connectivity index is 1.82. The molecule has 1 fully saturated rings. The predicted octanol–water partition coefficient (Wildman–Crippen LogP) is 0.168. The number of hydrogen-bond donors (Lipinski definition) is 3. The third kappa shape index (κ3) is 4.67. The molecule has 1 aromatic carbocycles. The van der Waals surface area contributed by atoms with E-state index in [1.54, 1.807) is 12.4 Å². The number of carbonyl (C=O) groups excluding carboxylic acids is 2. The second-order valence-electron chi connectivity index (χ2n) is 8.04. The van der Waals surface area contributed by atoms with Crippen molar-refractivity contribution < 1.29 is 24.3 Å². The van der Waals surface area contributed by atoms with Crippen molar-refractivity contribution in [3.63, 3.8) is 0 Å². The van der Waals surface area contributed by atoms with Gasteiger partial charge in [0.25, 0.3) is 0 Å². The van der Waals surface area contributed by atoms with Gasteiger partial charge >= 0.3 is 5.91 Å². The first kappa shape index (κ1) is 21.9. The molecule has 0 bridgehead atoms. The Labute approximate surface area is 176 Å². The molecule has 3 N–H and O–H groups in total. The molecule has 1 aliphatic heterocycles. The van der Waals surface area contributed by atoms with Gasteiger partial charge in [-0.2, -0.15) is 0 Å². The van der Waals surface area contributed by atoms with Crippen LogP contribution in [0.1, 0.15) is 25.0 Å². The standard InChI is InChI=1S/C22H28N4O4/c1-15(2)26(13-17-8-10-23-11-9-17)14-24-19(21(26)28)20(27)18(25-22(29)30)12-16-6-4-3-5-7-16/h3-11,15,18-20,24-25,27H,12-14H2,1-2H3/t18-,19?,20+,26?/m0/s1. The zero-order valence-corrected chi connectivity index (χ0v) is 17.2. The Bertz CT molecular complexity index is 862. The van der Waals surface area contributed by atoms with E-state index in [9.17, 15) is 19.8 Å². The van der Waals surface area contributed by atoms with Crippen molar-refractivity contribution in [1.82, 2.24) is 15.6 Å². The van der Waals surface area contributed by atoms with Crippen LogP contribution in [0.25, 0.3) is 0 Å². The van der Waals surface area contributed by atoms with E-state index in [1.165, 1.54) is 0 Å². The summed E-state index contributed by atoms with van der Waals surface area (Å²) in [6.07, 6.45) is 0.889. The maximum atomic E-state index is 13.5. The predicted molar refractivity (Wildman–Crippen MR) is 109 cm³/mol. The third-order valence-corrected chi connectivity index (χ3v) is 5.86. The van der Waals surface area contributed by atoms with Crippen LogP contribution in [-0.4, -0.2) is 57.5 Å². The number of carbonyl (C=O) groups is 2. The molecule has 2 aromatic rings. The molecule has 30 heavy (non-hydrogen) atoms. The van der Waals surface area contributed by atoms with Gasteiger partial charge in [-0.15, -0.1) is 0 Å². The lowest BCUT2D eigenvalue weighted by Crippen LogP contribution is -2.59. The number of nitrogens with zero attached hydrogens (tertiary/aromatic N) is 2. The average Bonchev–Trinajstić information content (AvgIpc) is 3.05. The molecule has 2 amide bonds. The highest BCUT2D eigenvalue weighted by Gasteiger charge is 2.53. The SMILES string of the molecule is CC(C)[N+]1(Cc2ccncc2)CNC([C@H](O)[C@H](Cc2ccccc2)NC(=O)[O-])C1=O. The highest BCUT2D eigenvalue weighted by atomic mass is 16.4. The zero-order valence-electron chi connectivity index (χ0n) is 17.2. The van der Waals surface area contributed by atoms with Gasteiger partial charge in [-0.3, -0.25) is 10.3 Å². The topological polar surface area (TPSA) is 114 Å². The number of pyridine rings is 1. The van der Waals surface area contributed by atoms with E-state index in [-0.39, 0.29) is 22.9 Å². The van der Waals surface area contributed by atoms with Crippen molar-refractivity contribution >= 4 is 12.0 Å². The fourth-order valence-electron chi connectivity index (χ4n) is 4.05.